The van der Waals surface area contributed by atoms with E-state index in [1.54, 1.807) is 11.8 Å². The highest BCUT2D eigenvalue weighted by atomic mass is 32.2. The van der Waals surface area contributed by atoms with Crippen molar-refractivity contribution in [1.82, 2.24) is 4.90 Å². The zero-order chi connectivity index (χ0) is 26.9. The SMILES string of the molecule is CSc1ccc2c(c1)N(CCC1(N)CCCCN1C(=O)OC1CC(C)CCC1C(C)C)c1ccccc1S2. The van der Waals surface area contributed by atoms with Crippen LogP contribution in [0.1, 0.15) is 65.7 Å². The van der Waals surface area contributed by atoms with Gasteiger partial charge < -0.3 is 15.4 Å². The van der Waals surface area contributed by atoms with E-state index in [0.29, 0.717) is 30.7 Å². The second-order valence-corrected chi connectivity index (χ2v) is 13.7. The van der Waals surface area contributed by atoms with Crippen molar-refractivity contribution in [3.05, 3.63) is 42.5 Å². The van der Waals surface area contributed by atoms with Crippen LogP contribution in [0.2, 0.25) is 0 Å². The van der Waals surface area contributed by atoms with Crippen molar-refractivity contribution in [3.63, 3.8) is 0 Å². The number of benzene rings is 2. The third-order valence-electron chi connectivity index (χ3n) is 8.81. The Hall–Kier alpha value is -1.83. The van der Waals surface area contributed by atoms with E-state index in [9.17, 15) is 4.79 Å². The minimum Gasteiger partial charge on any atom is -0.446 e. The van der Waals surface area contributed by atoms with Gasteiger partial charge in [0.25, 0.3) is 0 Å². The smallest absolute Gasteiger partial charge is 0.411 e. The van der Waals surface area contributed by atoms with Crippen molar-refractivity contribution in [2.45, 2.75) is 92.2 Å². The summed E-state index contributed by atoms with van der Waals surface area (Å²) in [4.78, 5) is 21.7. The van der Waals surface area contributed by atoms with Gasteiger partial charge in [-0.05, 0) is 86.4 Å². The van der Waals surface area contributed by atoms with Gasteiger partial charge in [-0.2, -0.15) is 0 Å². The molecule has 1 aliphatic carbocycles. The van der Waals surface area contributed by atoms with Gasteiger partial charge in [0.2, 0.25) is 0 Å². The largest absolute Gasteiger partial charge is 0.446 e. The molecule has 4 unspecified atom stereocenters. The number of carbonyl (C=O) groups excluding carboxylic acids is 1. The number of rotatable bonds is 6. The zero-order valence-corrected chi connectivity index (χ0v) is 25.0. The van der Waals surface area contributed by atoms with E-state index in [1.165, 1.54) is 32.5 Å². The molecule has 1 saturated heterocycles. The highest BCUT2D eigenvalue weighted by molar-refractivity contribution is 8.00. The highest BCUT2D eigenvalue weighted by Gasteiger charge is 2.42. The Morgan fingerprint density at radius 3 is 2.74 bits per heavy atom. The Labute approximate surface area is 237 Å². The van der Waals surface area contributed by atoms with Gasteiger partial charge in [-0.1, -0.05) is 51.1 Å². The summed E-state index contributed by atoms with van der Waals surface area (Å²) in [5, 5.41) is 0. The van der Waals surface area contributed by atoms with E-state index in [1.807, 2.05) is 16.7 Å². The maximum atomic E-state index is 13.7. The van der Waals surface area contributed by atoms with Crippen LogP contribution in [0.15, 0.2) is 57.2 Å². The summed E-state index contributed by atoms with van der Waals surface area (Å²) in [5.74, 6) is 1.53. The second kappa shape index (κ2) is 11.7. The standard InChI is InChI=1S/C31H43N3O2S2/c1-21(2)24-13-11-22(3)19-27(24)36-30(35)34-17-8-7-15-31(34,32)16-18-33-25-9-5-6-10-28(25)38-29-14-12-23(37-4)20-26(29)33/h5-6,9-10,12,14,20-22,24,27H,7-8,11,13,15-19,32H2,1-4H3. The summed E-state index contributed by atoms with van der Waals surface area (Å²) in [6.07, 6.45) is 8.71. The Balaban J connectivity index is 1.36. The van der Waals surface area contributed by atoms with Crippen molar-refractivity contribution < 1.29 is 9.53 Å². The van der Waals surface area contributed by atoms with E-state index < -0.39 is 5.66 Å². The van der Waals surface area contributed by atoms with Crippen molar-refractivity contribution >= 4 is 41.0 Å². The third-order valence-corrected chi connectivity index (χ3v) is 10.7. The van der Waals surface area contributed by atoms with E-state index in [2.05, 4.69) is 74.4 Å². The number of hydrogen-bond donors (Lipinski definition) is 1. The van der Waals surface area contributed by atoms with Gasteiger partial charge in [0.05, 0.1) is 17.0 Å². The number of piperidine rings is 1. The van der Waals surface area contributed by atoms with Crippen molar-refractivity contribution in [2.75, 3.05) is 24.2 Å². The summed E-state index contributed by atoms with van der Waals surface area (Å²) < 4.78 is 6.29. The Morgan fingerprint density at radius 1 is 1.16 bits per heavy atom. The second-order valence-electron chi connectivity index (χ2n) is 11.8. The summed E-state index contributed by atoms with van der Waals surface area (Å²) >= 11 is 3.59. The molecular weight excluding hydrogens is 510 g/mol. The van der Waals surface area contributed by atoms with Gasteiger partial charge >= 0.3 is 6.09 Å². The molecule has 0 bridgehead atoms. The molecule has 5 rings (SSSR count). The van der Waals surface area contributed by atoms with Gasteiger partial charge in [0.15, 0.2) is 0 Å². The fraction of sp³-hybridized carbons (Fsp3) is 0.581. The van der Waals surface area contributed by atoms with Gasteiger partial charge in [-0.15, -0.1) is 11.8 Å². The first-order valence-electron chi connectivity index (χ1n) is 14.3. The van der Waals surface area contributed by atoms with Crippen LogP contribution in [0.4, 0.5) is 16.2 Å². The number of nitrogens with zero attached hydrogens (tertiary/aromatic N) is 2. The number of amides is 1. The fourth-order valence-electron chi connectivity index (χ4n) is 6.52. The number of hydrogen-bond acceptors (Lipinski definition) is 6. The van der Waals surface area contributed by atoms with E-state index >= 15 is 0 Å². The molecule has 0 radical (unpaired) electrons. The molecule has 7 heteroatoms. The summed E-state index contributed by atoms with van der Waals surface area (Å²) in [6.45, 7) is 8.21. The van der Waals surface area contributed by atoms with Crippen LogP contribution >= 0.6 is 23.5 Å². The van der Waals surface area contributed by atoms with Crippen LogP contribution in [-0.4, -0.2) is 42.1 Å². The molecule has 5 nitrogen and oxygen atoms in total. The van der Waals surface area contributed by atoms with E-state index in [0.717, 1.165) is 38.6 Å². The lowest BCUT2D eigenvalue weighted by Gasteiger charge is -2.46. The number of ether oxygens (including phenoxy) is 1. The van der Waals surface area contributed by atoms with Crippen molar-refractivity contribution in [1.29, 1.82) is 0 Å². The van der Waals surface area contributed by atoms with Gasteiger partial charge in [0, 0.05) is 34.2 Å². The topological polar surface area (TPSA) is 58.8 Å². The predicted octanol–water partition coefficient (Wildman–Crippen LogP) is 8.14. The molecule has 2 fully saturated rings. The first kappa shape index (κ1) is 27.7. The Kier molecular flexibility index (Phi) is 8.56. The normalized spacial score (nSPS) is 27.2. The van der Waals surface area contributed by atoms with Crippen molar-refractivity contribution in [2.24, 2.45) is 23.5 Å². The number of para-hydroxylation sites is 1. The first-order valence-corrected chi connectivity index (χ1v) is 16.3. The number of thioether (sulfide) groups is 1. The maximum Gasteiger partial charge on any atom is 0.411 e. The summed E-state index contributed by atoms with van der Waals surface area (Å²) in [5.41, 5.74) is 8.87. The molecule has 1 amide bonds. The van der Waals surface area contributed by atoms with Crippen LogP contribution in [0.25, 0.3) is 0 Å². The molecular formula is C31H43N3O2S2. The van der Waals surface area contributed by atoms with Crippen LogP contribution in [0.3, 0.4) is 0 Å². The minimum absolute atomic E-state index is 0.0136. The zero-order valence-electron chi connectivity index (χ0n) is 23.3. The molecule has 2 aromatic carbocycles. The average molecular weight is 554 g/mol. The molecule has 2 heterocycles. The Bertz CT molecular complexity index is 1140. The maximum absolute atomic E-state index is 13.7. The number of likely N-dealkylation sites (tertiary alicyclic amines) is 1. The van der Waals surface area contributed by atoms with Crippen LogP contribution in [0, 0.1) is 17.8 Å². The monoisotopic (exact) mass is 553 g/mol. The average Bonchev–Trinajstić information content (AvgIpc) is 2.90. The van der Waals surface area contributed by atoms with Crippen LogP contribution in [-0.2, 0) is 4.74 Å². The van der Waals surface area contributed by atoms with E-state index in [-0.39, 0.29) is 12.2 Å². The minimum atomic E-state index is -0.709. The summed E-state index contributed by atoms with van der Waals surface area (Å²) in [7, 11) is 0. The lowest BCUT2D eigenvalue weighted by atomic mass is 9.75. The molecule has 38 heavy (non-hydrogen) atoms. The highest BCUT2D eigenvalue weighted by Crippen LogP contribution is 2.49. The quantitative estimate of drug-likeness (QED) is 0.364. The lowest BCUT2D eigenvalue weighted by Crippen LogP contribution is -2.62. The van der Waals surface area contributed by atoms with Gasteiger partial charge in [-0.3, -0.25) is 4.90 Å². The van der Waals surface area contributed by atoms with Crippen LogP contribution < -0.4 is 10.6 Å². The molecule has 0 aromatic heterocycles. The molecule has 3 aliphatic rings. The Morgan fingerprint density at radius 2 is 1.95 bits per heavy atom. The van der Waals surface area contributed by atoms with Gasteiger partial charge in [-0.25, -0.2) is 4.79 Å². The van der Waals surface area contributed by atoms with E-state index in [4.69, 9.17) is 10.5 Å². The number of nitrogens with two attached hydrogens (primary N) is 1. The fourth-order valence-corrected chi connectivity index (χ4v) is 8.03. The molecule has 0 spiro atoms. The molecule has 206 valence electrons. The number of carbonyl (C=O) groups is 1. The van der Waals surface area contributed by atoms with Gasteiger partial charge in [0.1, 0.15) is 6.10 Å². The van der Waals surface area contributed by atoms with Crippen molar-refractivity contribution in [3.8, 4) is 0 Å². The molecule has 2 aliphatic heterocycles. The molecule has 2 aromatic rings. The third kappa shape index (κ3) is 5.71. The first-order chi connectivity index (χ1) is 18.3. The predicted molar refractivity (Wildman–Crippen MR) is 159 cm³/mol. The molecule has 1 saturated carbocycles. The number of fused-ring (bicyclic) bond motifs is 2. The summed E-state index contributed by atoms with van der Waals surface area (Å²) in [6, 6.07) is 15.3. The molecule has 4 atom stereocenters. The molecule has 2 N–H and O–H groups in total. The lowest BCUT2D eigenvalue weighted by molar-refractivity contribution is -0.0353. The number of anilines is 2. The van der Waals surface area contributed by atoms with Crippen LogP contribution in [0.5, 0.6) is 0 Å².